The van der Waals surface area contributed by atoms with Gasteiger partial charge in [-0.1, -0.05) is 26.0 Å². The zero-order valence-electron chi connectivity index (χ0n) is 10.9. The number of aliphatic hydroxyl groups excluding tert-OH is 1. The Balaban J connectivity index is 1.85. The van der Waals surface area contributed by atoms with Crippen molar-refractivity contribution in [3.05, 3.63) is 29.8 Å². The Morgan fingerprint density at radius 1 is 1.24 bits per heavy atom. The highest BCUT2D eigenvalue weighted by Crippen LogP contribution is 2.44. The van der Waals surface area contributed by atoms with Crippen LogP contribution in [0.3, 0.4) is 0 Å². The van der Waals surface area contributed by atoms with Crippen LogP contribution in [0.5, 0.6) is 0 Å². The average molecular weight is 233 g/mol. The molecule has 0 aliphatic heterocycles. The fourth-order valence-electron chi connectivity index (χ4n) is 2.09. The van der Waals surface area contributed by atoms with Gasteiger partial charge in [0.25, 0.3) is 0 Å². The van der Waals surface area contributed by atoms with E-state index in [-0.39, 0.29) is 5.41 Å². The first-order chi connectivity index (χ1) is 8.13. The summed E-state index contributed by atoms with van der Waals surface area (Å²) in [5.74, 6) is 0.706. The molecule has 0 saturated heterocycles. The van der Waals surface area contributed by atoms with E-state index >= 15 is 0 Å². The molecule has 1 fully saturated rings. The predicted molar refractivity (Wildman–Crippen MR) is 72.2 cm³/mol. The van der Waals surface area contributed by atoms with E-state index in [0.29, 0.717) is 12.5 Å². The van der Waals surface area contributed by atoms with E-state index in [1.54, 1.807) is 0 Å². The Morgan fingerprint density at radius 3 is 2.35 bits per heavy atom. The van der Waals surface area contributed by atoms with Gasteiger partial charge >= 0.3 is 0 Å². The van der Waals surface area contributed by atoms with Crippen LogP contribution in [0.2, 0.25) is 0 Å². The van der Waals surface area contributed by atoms with E-state index in [4.69, 9.17) is 0 Å². The third-order valence-corrected chi connectivity index (χ3v) is 3.56. The van der Waals surface area contributed by atoms with Crippen LogP contribution in [0.1, 0.15) is 32.3 Å². The Labute approximate surface area is 104 Å². The molecule has 0 spiro atoms. The maximum Gasteiger partial charge on any atom is 0.0504 e. The molecule has 1 aliphatic rings. The number of rotatable bonds is 6. The van der Waals surface area contributed by atoms with Gasteiger partial charge in [0.15, 0.2) is 0 Å². The lowest BCUT2D eigenvalue weighted by Gasteiger charge is -2.14. The van der Waals surface area contributed by atoms with E-state index in [1.807, 2.05) is 0 Å². The van der Waals surface area contributed by atoms with Crippen molar-refractivity contribution in [1.29, 1.82) is 0 Å². The van der Waals surface area contributed by atoms with E-state index in [9.17, 15) is 5.11 Å². The molecular formula is C15H23NO. The van der Waals surface area contributed by atoms with Crippen LogP contribution in [0.15, 0.2) is 24.3 Å². The molecule has 2 heteroatoms. The number of aliphatic hydroxyl groups is 1. The Bertz CT molecular complexity index is 352. The summed E-state index contributed by atoms with van der Waals surface area (Å²) in [5, 5.41) is 12.7. The number of benzene rings is 1. The van der Waals surface area contributed by atoms with Crippen LogP contribution in [0.25, 0.3) is 0 Å². The van der Waals surface area contributed by atoms with Gasteiger partial charge in [0.05, 0.1) is 6.61 Å². The summed E-state index contributed by atoms with van der Waals surface area (Å²) >= 11 is 0. The molecule has 2 nitrogen and oxygen atoms in total. The van der Waals surface area contributed by atoms with Crippen molar-refractivity contribution in [2.45, 2.75) is 33.1 Å². The fourth-order valence-corrected chi connectivity index (χ4v) is 2.09. The van der Waals surface area contributed by atoms with Gasteiger partial charge in [0, 0.05) is 17.6 Å². The topological polar surface area (TPSA) is 32.3 Å². The monoisotopic (exact) mass is 233 g/mol. The van der Waals surface area contributed by atoms with Gasteiger partial charge < -0.3 is 10.4 Å². The van der Waals surface area contributed by atoms with Crippen LogP contribution in [0.4, 0.5) is 5.69 Å². The van der Waals surface area contributed by atoms with Crippen LogP contribution < -0.4 is 5.32 Å². The third-order valence-electron chi connectivity index (χ3n) is 3.56. The lowest BCUT2D eigenvalue weighted by Crippen LogP contribution is -2.18. The van der Waals surface area contributed by atoms with E-state index < -0.39 is 0 Å². The van der Waals surface area contributed by atoms with Crippen molar-refractivity contribution < 1.29 is 5.11 Å². The summed E-state index contributed by atoms with van der Waals surface area (Å²) in [6.45, 7) is 5.69. The van der Waals surface area contributed by atoms with Crippen molar-refractivity contribution in [1.82, 2.24) is 0 Å². The second kappa shape index (κ2) is 5.09. The van der Waals surface area contributed by atoms with Gasteiger partial charge in [-0.2, -0.15) is 0 Å². The molecule has 0 aromatic heterocycles. The SMILES string of the molecule is CC(C)Cc1ccc(NCC2(CO)CC2)cc1. The summed E-state index contributed by atoms with van der Waals surface area (Å²) < 4.78 is 0. The number of anilines is 1. The van der Waals surface area contributed by atoms with Crippen LogP contribution in [-0.4, -0.2) is 18.3 Å². The predicted octanol–water partition coefficient (Wildman–Crippen LogP) is 3.07. The standard InChI is InChI=1S/C15H23NO/c1-12(2)9-13-3-5-14(6-4-13)16-10-15(11-17)7-8-15/h3-6,12,16-17H,7-11H2,1-2H3. The molecule has 2 N–H and O–H groups in total. The largest absolute Gasteiger partial charge is 0.396 e. The molecule has 1 aromatic carbocycles. The van der Waals surface area contributed by atoms with Gasteiger partial charge in [0.1, 0.15) is 0 Å². The Morgan fingerprint density at radius 2 is 1.88 bits per heavy atom. The highest BCUT2D eigenvalue weighted by atomic mass is 16.3. The smallest absolute Gasteiger partial charge is 0.0504 e. The van der Waals surface area contributed by atoms with Gasteiger partial charge in [-0.3, -0.25) is 0 Å². The van der Waals surface area contributed by atoms with E-state index in [1.165, 1.54) is 5.56 Å². The summed E-state index contributed by atoms with van der Waals surface area (Å²) in [4.78, 5) is 0. The van der Waals surface area contributed by atoms with Crippen LogP contribution in [0, 0.1) is 11.3 Å². The van der Waals surface area contributed by atoms with Crippen molar-refractivity contribution in [2.75, 3.05) is 18.5 Å². The van der Waals surface area contributed by atoms with Crippen LogP contribution in [-0.2, 0) is 6.42 Å². The summed E-state index contributed by atoms with van der Waals surface area (Å²) in [7, 11) is 0. The van der Waals surface area contributed by atoms with Crippen molar-refractivity contribution in [3.8, 4) is 0 Å². The molecule has 0 bridgehead atoms. The molecule has 0 radical (unpaired) electrons. The van der Waals surface area contributed by atoms with Crippen LogP contribution >= 0.6 is 0 Å². The molecule has 1 saturated carbocycles. The molecule has 1 aliphatic carbocycles. The Hall–Kier alpha value is -1.02. The summed E-state index contributed by atoms with van der Waals surface area (Å²) in [6, 6.07) is 8.68. The lowest BCUT2D eigenvalue weighted by atomic mass is 10.0. The van der Waals surface area contributed by atoms with Crippen molar-refractivity contribution >= 4 is 5.69 Å². The van der Waals surface area contributed by atoms with Gasteiger partial charge in [-0.15, -0.1) is 0 Å². The first kappa shape index (κ1) is 12.4. The molecule has 94 valence electrons. The Kier molecular flexibility index (Phi) is 3.72. The molecule has 1 aromatic rings. The van der Waals surface area contributed by atoms with Gasteiger partial charge in [0.2, 0.25) is 0 Å². The first-order valence-corrected chi connectivity index (χ1v) is 6.57. The normalized spacial score (nSPS) is 17.2. The van der Waals surface area contributed by atoms with Gasteiger partial charge in [-0.05, 0) is 42.9 Å². The maximum absolute atomic E-state index is 9.24. The van der Waals surface area contributed by atoms with E-state index in [0.717, 1.165) is 31.5 Å². The molecule has 0 amide bonds. The zero-order valence-corrected chi connectivity index (χ0v) is 10.9. The highest BCUT2D eigenvalue weighted by molar-refractivity contribution is 5.45. The number of hydrogen-bond donors (Lipinski definition) is 2. The summed E-state index contributed by atoms with van der Waals surface area (Å²) in [5.41, 5.74) is 2.74. The molecule has 0 unspecified atom stereocenters. The second-order valence-corrected chi connectivity index (χ2v) is 5.81. The van der Waals surface area contributed by atoms with E-state index in [2.05, 4.69) is 43.4 Å². The molecule has 0 atom stereocenters. The minimum atomic E-state index is 0.177. The fraction of sp³-hybridized carbons (Fsp3) is 0.600. The highest BCUT2D eigenvalue weighted by Gasteiger charge is 2.41. The minimum absolute atomic E-state index is 0.177. The average Bonchev–Trinajstić information content (AvgIpc) is 3.08. The molecule has 17 heavy (non-hydrogen) atoms. The molecule has 2 rings (SSSR count). The lowest BCUT2D eigenvalue weighted by molar-refractivity contribution is 0.220. The maximum atomic E-state index is 9.24. The minimum Gasteiger partial charge on any atom is -0.396 e. The zero-order chi connectivity index (χ0) is 12.3. The second-order valence-electron chi connectivity index (χ2n) is 5.81. The quantitative estimate of drug-likeness (QED) is 0.791. The number of nitrogens with one attached hydrogen (secondary N) is 1. The first-order valence-electron chi connectivity index (χ1n) is 6.57. The van der Waals surface area contributed by atoms with Crippen molar-refractivity contribution in [2.24, 2.45) is 11.3 Å². The number of hydrogen-bond acceptors (Lipinski definition) is 2. The van der Waals surface area contributed by atoms with Gasteiger partial charge in [-0.25, -0.2) is 0 Å². The third kappa shape index (κ3) is 3.47. The summed E-state index contributed by atoms with van der Waals surface area (Å²) in [6.07, 6.45) is 3.45. The molecular weight excluding hydrogens is 210 g/mol. The van der Waals surface area contributed by atoms with Crippen molar-refractivity contribution in [3.63, 3.8) is 0 Å². The molecule has 0 heterocycles.